The maximum Gasteiger partial charge on any atom is 0.472 e. The molecule has 0 aliphatic carbocycles. The van der Waals surface area contributed by atoms with Gasteiger partial charge in [-0.05, 0) is 128 Å². The number of hydrogen-bond acceptors (Lipinski definition) is 15. The SMILES string of the molecule is CC/C=C\C/C=C\C/C=C\CCCCCCCC(=O)OCC(COP(=O)(O)OCC(O)COP(=O)(O)OCC(COC(=O)CCCCCCCC/C=C\C/C=C\C/C=C\CCCCC)OC(=O)CCCCCCCCCCCCC)OC(=O)CCCCCCC/C=C\C/C=C\C/C=C\CC. The molecular formula is C81H140O17P2. The van der Waals surface area contributed by atoms with Gasteiger partial charge in [0.25, 0.3) is 0 Å². The standard InChI is InChI=1S/C81H140O17P2/c1-5-9-13-17-21-25-29-32-35-36-37-38-41-43-47-50-54-58-62-66-79(84)91-71-76(97-80(85)67-63-59-55-51-45-28-24-20-16-12-8-4)73-95-99(87,88)93-69-75(82)70-94-100(89,90)96-74-77(98-81(86)68-64-60-56-52-48-44-40-34-31-27-23-19-15-11-7-3)72-92-78(83)65-61-57-53-49-46-42-39-33-30-26-22-18-14-10-6-2/h10-11,14-15,21-23,25-27,32-35,37-40,75-77,82H,5-9,12-13,16-20,24,28-31,36,41-74H2,1-4H3,(H,87,88)(H,89,90)/b14-10-,15-11-,25-21-,26-22-,27-23-,35-32-,38-37-,39-33-,40-34-. The van der Waals surface area contributed by atoms with Crippen LogP contribution in [0.1, 0.15) is 323 Å². The second kappa shape index (κ2) is 73.0. The van der Waals surface area contributed by atoms with Crippen molar-refractivity contribution in [3.05, 3.63) is 109 Å². The summed E-state index contributed by atoms with van der Waals surface area (Å²) in [5, 5.41) is 10.6. The predicted octanol–water partition coefficient (Wildman–Crippen LogP) is 22.6. The van der Waals surface area contributed by atoms with Crippen molar-refractivity contribution in [3.8, 4) is 0 Å². The molecule has 0 saturated heterocycles. The van der Waals surface area contributed by atoms with Gasteiger partial charge in [0.05, 0.1) is 26.4 Å². The molecule has 0 spiro atoms. The van der Waals surface area contributed by atoms with Crippen molar-refractivity contribution in [2.75, 3.05) is 39.6 Å². The Bertz CT molecular complexity index is 2320. The Morgan fingerprint density at radius 3 is 0.820 bits per heavy atom. The molecule has 5 atom stereocenters. The highest BCUT2D eigenvalue weighted by molar-refractivity contribution is 7.47. The summed E-state index contributed by atoms with van der Waals surface area (Å²) in [5.74, 6) is -2.21. The molecule has 0 radical (unpaired) electrons. The van der Waals surface area contributed by atoms with Crippen molar-refractivity contribution >= 4 is 39.5 Å². The van der Waals surface area contributed by atoms with E-state index in [0.717, 1.165) is 186 Å². The van der Waals surface area contributed by atoms with Crippen LogP contribution in [-0.2, 0) is 65.4 Å². The number of phosphoric acid groups is 2. The summed E-state index contributed by atoms with van der Waals surface area (Å²) in [7, 11) is -9.96. The number of phosphoric ester groups is 2. The molecule has 19 heteroatoms. The van der Waals surface area contributed by atoms with Gasteiger partial charge in [-0.15, -0.1) is 0 Å². The zero-order chi connectivity index (χ0) is 73.2. The lowest BCUT2D eigenvalue weighted by Crippen LogP contribution is -2.30. The molecule has 0 heterocycles. The fourth-order valence-electron chi connectivity index (χ4n) is 10.3. The Balaban J connectivity index is 5.34. The summed E-state index contributed by atoms with van der Waals surface area (Å²) < 4.78 is 68.5. The Morgan fingerprint density at radius 1 is 0.290 bits per heavy atom. The summed E-state index contributed by atoms with van der Waals surface area (Å²) in [5.41, 5.74) is 0. The van der Waals surface area contributed by atoms with Gasteiger partial charge in [-0.3, -0.25) is 37.3 Å². The minimum Gasteiger partial charge on any atom is -0.462 e. The highest BCUT2D eigenvalue weighted by Crippen LogP contribution is 2.45. The van der Waals surface area contributed by atoms with Gasteiger partial charge >= 0.3 is 39.5 Å². The lowest BCUT2D eigenvalue weighted by Gasteiger charge is -2.21. The van der Waals surface area contributed by atoms with E-state index in [0.29, 0.717) is 25.7 Å². The van der Waals surface area contributed by atoms with Crippen molar-refractivity contribution in [2.24, 2.45) is 0 Å². The van der Waals surface area contributed by atoms with Crippen LogP contribution in [0.15, 0.2) is 109 Å². The Morgan fingerprint density at radius 2 is 0.520 bits per heavy atom. The first-order valence-electron chi connectivity index (χ1n) is 39.1. The molecule has 0 rings (SSSR count). The summed E-state index contributed by atoms with van der Waals surface area (Å²) in [6.07, 6.45) is 77.9. The average Bonchev–Trinajstić information content (AvgIpc) is 0.966. The normalized spacial score (nSPS) is 14.5. The number of hydrogen-bond donors (Lipinski definition) is 3. The maximum absolute atomic E-state index is 13.1. The highest BCUT2D eigenvalue weighted by atomic mass is 31.2. The van der Waals surface area contributed by atoms with Gasteiger partial charge in [-0.2, -0.15) is 0 Å². The van der Waals surface area contributed by atoms with Gasteiger partial charge in [0.1, 0.15) is 19.3 Å². The quantitative estimate of drug-likeness (QED) is 0.0169. The largest absolute Gasteiger partial charge is 0.472 e. The molecule has 0 aromatic rings. The summed E-state index contributed by atoms with van der Waals surface area (Å²) in [6.45, 7) is 4.58. The van der Waals surface area contributed by atoms with E-state index in [-0.39, 0.29) is 25.7 Å². The van der Waals surface area contributed by atoms with Crippen molar-refractivity contribution < 1.29 is 80.2 Å². The third-order valence-electron chi connectivity index (χ3n) is 16.2. The van der Waals surface area contributed by atoms with Crippen LogP contribution in [0, 0.1) is 0 Å². The predicted molar refractivity (Wildman–Crippen MR) is 408 cm³/mol. The van der Waals surface area contributed by atoms with E-state index in [4.69, 9.17) is 37.0 Å². The lowest BCUT2D eigenvalue weighted by atomic mass is 10.1. The van der Waals surface area contributed by atoms with Crippen molar-refractivity contribution in [2.45, 2.75) is 341 Å². The Kier molecular flexibility index (Phi) is 69.9. The van der Waals surface area contributed by atoms with Crippen LogP contribution < -0.4 is 0 Å². The van der Waals surface area contributed by atoms with E-state index in [1.807, 2.05) is 0 Å². The molecule has 0 saturated carbocycles. The van der Waals surface area contributed by atoms with Crippen LogP contribution in [0.4, 0.5) is 0 Å². The molecule has 0 aromatic heterocycles. The molecule has 0 fully saturated rings. The molecule has 5 unspecified atom stereocenters. The number of allylic oxidation sites excluding steroid dienone is 18. The molecule has 576 valence electrons. The van der Waals surface area contributed by atoms with Crippen molar-refractivity contribution in [3.63, 3.8) is 0 Å². The molecule has 0 aromatic carbocycles. The number of rotatable bonds is 73. The average molecular weight is 1450 g/mol. The van der Waals surface area contributed by atoms with E-state index in [9.17, 15) is 43.2 Å². The molecule has 0 aliphatic heterocycles. The van der Waals surface area contributed by atoms with E-state index < -0.39 is 97.5 Å². The number of carbonyl (C=O) groups is 4. The number of esters is 4. The van der Waals surface area contributed by atoms with E-state index in [1.165, 1.54) is 57.8 Å². The number of aliphatic hydroxyl groups excluding tert-OH is 1. The number of ether oxygens (including phenoxy) is 4. The van der Waals surface area contributed by atoms with Crippen molar-refractivity contribution in [1.29, 1.82) is 0 Å². The van der Waals surface area contributed by atoms with E-state index >= 15 is 0 Å². The number of aliphatic hydroxyl groups is 1. The van der Waals surface area contributed by atoms with Crippen LogP contribution in [0.3, 0.4) is 0 Å². The Hall–Kier alpha value is -4.28. The molecule has 17 nitrogen and oxygen atoms in total. The third-order valence-corrected chi connectivity index (χ3v) is 18.1. The first kappa shape index (κ1) is 95.7. The smallest absolute Gasteiger partial charge is 0.462 e. The first-order chi connectivity index (χ1) is 48.7. The minimum atomic E-state index is -4.98. The zero-order valence-corrected chi connectivity index (χ0v) is 64.6. The van der Waals surface area contributed by atoms with Gasteiger partial charge in [0.2, 0.25) is 0 Å². The summed E-state index contributed by atoms with van der Waals surface area (Å²) in [6, 6.07) is 0. The minimum absolute atomic E-state index is 0.0706. The van der Waals surface area contributed by atoms with Crippen LogP contribution in [0.25, 0.3) is 0 Å². The van der Waals surface area contributed by atoms with Gasteiger partial charge in [-0.1, -0.05) is 278 Å². The van der Waals surface area contributed by atoms with Gasteiger partial charge in [0, 0.05) is 25.7 Å². The number of carbonyl (C=O) groups excluding carboxylic acids is 4. The van der Waals surface area contributed by atoms with Crippen LogP contribution >= 0.6 is 15.6 Å². The fraction of sp³-hybridized carbons (Fsp3) is 0.728. The molecule has 100 heavy (non-hydrogen) atoms. The molecular weight excluding hydrogens is 1310 g/mol. The fourth-order valence-corrected chi connectivity index (χ4v) is 11.9. The summed E-state index contributed by atoms with van der Waals surface area (Å²) in [4.78, 5) is 72.9. The topological polar surface area (TPSA) is 237 Å². The molecule has 3 N–H and O–H groups in total. The van der Waals surface area contributed by atoms with Crippen LogP contribution in [0.2, 0.25) is 0 Å². The number of unbranched alkanes of at least 4 members (excludes halogenated alkanes) is 29. The zero-order valence-electron chi connectivity index (χ0n) is 62.8. The molecule has 0 aliphatic rings. The molecule has 0 amide bonds. The second-order valence-corrected chi connectivity index (χ2v) is 28.8. The van der Waals surface area contributed by atoms with E-state index in [2.05, 4.69) is 137 Å². The molecule has 0 bridgehead atoms. The Labute approximate surface area is 607 Å². The summed E-state index contributed by atoms with van der Waals surface area (Å²) >= 11 is 0. The third kappa shape index (κ3) is 72.1. The van der Waals surface area contributed by atoms with Crippen LogP contribution in [0.5, 0.6) is 0 Å². The van der Waals surface area contributed by atoms with Gasteiger partial charge in [-0.25, -0.2) is 9.13 Å². The monoisotopic (exact) mass is 1450 g/mol. The van der Waals surface area contributed by atoms with Crippen molar-refractivity contribution in [1.82, 2.24) is 0 Å². The lowest BCUT2D eigenvalue weighted by molar-refractivity contribution is -0.161. The van der Waals surface area contributed by atoms with Gasteiger partial charge in [0.15, 0.2) is 12.2 Å². The maximum atomic E-state index is 13.1. The second-order valence-electron chi connectivity index (χ2n) is 25.9. The highest BCUT2D eigenvalue weighted by Gasteiger charge is 2.30. The van der Waals surface area contributed by atoms with Crippen LogP contribution in [-0.4, -0.2) is 96.7 Å². The van der Waals surface area contributed by atoms with E-state index in [1.54, 1.807) is 0 Å². The van der Waals surface area contributed by atoms with Gasteiger partial charge < -0.3 is 33.8 Å². The first-order valence-corrected chi connectivity index (χ1v) is 42.1.